The van der Waals surface area contributed by atoms with Crippen molar-refractivity contribution < 1.29 is 17.6 Å². The van der Waals surface area contributed by atoms with Crippen LogP contribution < -0.4 is 5.32 Å². The van der Waals surface area contributed by atoms with Gasteiger partial charge in [0.15, 0.2) is 0 Å². The van der Waals surface area contributed by atoms with Crippen LogP contribution in [-0.4, -0.2) is 48.7 Å². The maximum atomic E-state index is 12.5. The SMILES string of the molecule is Cc1cccc(-c2nnc(SCC(=O)Nc3cc(S(=O)(=O)N(C)C)cc(C)c3C)o2)c1. The molecule has 0 aliphatic rings. The van der Waals surface area contributed by atoms with Gasteiger partial charge in [-0.1, -0.05) is 29.5 Å². The van der Waals surface area contributed by atoms with Gasteiger partial charge < -0.3 is 9.73 Å². The summed E-state index contributed by atoms with van der Waals surface area (Å²) in [5.41, 5.74) is 3.92. The number of aromatic nitrogens is 2. The van der Waals surface area contributed by atoms with Gasteiger partial charge in [0, 0.05) is 25.3 Å². The number of aryl methyl sites for hydroxylation is 2. The van der Waals surface area contributed by atoms with Crippen molar-refractivity contribution in [2.75, 3.05) is 25.2 Å². The molecule has 1 amide bonds. The first-order valence-electron chi connectivity index (χ1n) is 9.45. The number of sulfonamides is 1. The first kappa shape index (κ1) is 23.0. The molecule has 2 aromatic carbocycles. The van der Waals surface area contributed by atoms with Gasteiger partial charge in [0.05, 0.1) is 10.6 Å². The quantitative estimate of drug-likeness (QED) is 0.537. The second-order valence-corrected chi connectivity index (χ2v) is 10.4. The molecule has 1 aromatic heterocycles. The molecule has 0 bridgehead atoms. The van der Waals surface area contributed by atoms with E-state index in [2.05, 4.69) is 15.5 Å². The lowest BCUT2D eigenvalue weighted by atomic mass is 10.1. The minimum Gasteiger partial charge on any atom is -0.411 e. The highest BCUT2D eigenvalue weighted by molar-refractivity contribution is 7.99. The molecule has 1 heterocycles. The van der Waals surface area contributed by atoms with Crippen LogP contribution in [0.25, 0.3) is 11.5 Å². The van der Waals surface area contributed by atoms with Crippen molar-refractivity contribution in [2.45, 2.75) is 30.9 Å². The molecule has 0 radical (unpaired) electrons. The third-order valence-electron chi connectivity index (χ3n) is 4.69. The van der Waals surface area contributed by atoms with Crippen molar-refractivity contribution in [3.8, 4) is 11.5 Å². The van der Waals surface area contributed by atoms with E-state index in [1.807, 2.05) is 38.1 Å². The Morgan fingerprint density at radius 3 is 2.55 bits per heavy atom. The molecule has 0 saturated carbocycles. The molecule has 0 atom stereocenters. The minimum atomic E-state index is -3.61. The Bertz CT molecular complexity index is 1220. The molecule has 0 spiro atoms. The predicted octanol–water partition coefficient (Wildman–Crippen LogP) is 3.64. The Kier molecular flexibility index (Phi) is 6.83. The lowest BCUT2D eigenvalue weighted by Gasteiger charge is -2.16. The van der Waals surface area contributed by atoms with Gasteiger partial charge in [0.2, 0.25) is 21.8 Å². The molecular formula is C21H24N4O4S2. The molecule has 1 N–H and O–H groups in total. The lowest BCUT2D eigenvalue weighted by molar-refractivity contribution is -0.113. The molecule has 0 aliphatic carbocycles. The van der Waals surface area contributed by atoms with E-state index in [9.17, 15) is 13.2 Å². The van der Waals surface area contributed by atoms with E-state index in [0.29, 0.717) is 11.6 Å². The number of nitrogens with one attached hydrogen (secondary N) is 1. The van der Waals surface area contributed by atoms with Crippen LogP contribution in [-0.2, 0) is 14.8 Å². The van der Waals surface area contributed by atoms with Crippen molar-refractivity contribution >= 4 is 33.4 Å². The summed E-state index contributed by atoms with van der Waals surface area (Å²) in [7, 11) is -0.679. The summed E-state index contributed by atoms with van der Waals surface area (Å²) in [5, 5.41) is 11.1. The van der Waals surface area contributed by atoms with Crippen LogP contribution in [0.3, 0.4) is 0 Å². The molecule has 3 rings (SSSR count). The first-order valence-corrected chi connectivity index (χ1v) is 11.9. The fourth-order valence-corrected chi connectivity index (χ4v) is 4.37. The van der Waals surface area contributed by atoms with Gasteiger partial charge in [-0.25, -0.2) is 12.7 Å². The van der Waals surface area contributed by atoms with Crippen molar-refractivity contribution in [2.24, 2.45) is 0 Å². The van der Waals surface area contributed by atoms with Crippen LogP contribution in [0.5, 0.6) is 0 Å². The Labute approximate surface area is 186 Å². The molecule has 0 unspecified atom stereocenters. The van der Waals surface area contributed by atoms with Gasteiger partial charge >= 0.3 is 0 Å². The summed E-state index contributed by atoms with van der Waals surface area (Å²) < 4.78 is 31.7. The standard InChI is InChI=1S/C21H24N4O4S2/c1-13-7-6-8-16(9-13)20-23-24-21(29-20)30-12-19(26)22-18-11-17(10-14(2)15(18)3)31(27,28)25(4)5/h6-11H,12H2,1-5H3,(H,22,26). The van der Waals surface area contributed by atoms with Crippen LogP contribution >= 0.6 is 11.8 Å². The van der Waals surface area contributed by atoms with Gasteiger partial charge in [0.1, 0.15) is 0 Å². The molecule has 0 saturated heterocycles. The highest BCUT2D eigenvalue weighted by atomic mass is 32.2. The number of benzene rings is 2. The number of hydrogen-bond donors (Lipinski definition) is 1. The maximum Gasteiger partial charge on any atom is 0.277 e. The van der Waals surface area contributed by atoms with Crippen LogP contribution in [0, 0.1) is 20.8 Å². The van der Waals surface area contributed by atoms with E-state index in [0.717, 1.165) is 38.3 Å². The lowest BCUT2D eigenvalue weighted by Crippen LogP contribution is -2.23. The zero-order chi connectivity index (χ0) is 22.8. The van der Waals surface area contributed by atoms with Gasteiger partial charge in [-0.15, -0.1) is 10.2 Å². The number of anilines is 1. The van der Waals surface area contributed by atoms with Crippen molar-refractivity contribution in [1.82, 2.24) is 14.5 Å². The van der Waals surface area contributed by atoms with Gasteiger partial charge in [-0.3, -0.25) is 4.79 Å². The van der Waals surface area contributed by atoms with E-state index in [1.165, 1.54) is 20.2 Å². The molecule has 31 heavy (non-hydrogen) atoms. The number of amides is 1. The highest BCUT2D eigenvalue weighted by Gasteiger charge is 2.20. The summed E-state index contributed by atoms with van der Waals surface area (Å²) in [5.74, 6) is 0.125. The number of rotatable bonds is 7. The van der Waals surface area contributed by atoms with E-state index in [-0.39, 0.29) is 21.8 Å². The summed E-state index contributed by atoms with van der Waals surface area (Å²) >= 11 is 1.11. The number of thioether (sulfide) groups is 1. The van der Waals surface area contributed by atoms with E-state index in [4.69, 9.17) is 4.42 Å². The van der Waals surface area contributed by atoms with Crippen LogP contribution in [0.2, 0.25) is 0 Å². The monoisotopic (exact) mass is 460 g/mol. The average molecular weight is 461 g/mol. The van der Waals surface area contributed by atoms with Crippen LogP contribution in [0.1, 0.15) is 16.7 Å². The Hall–Kier alpha value is -2.69. The molecular weight excluding hydrogens is 436 g/mol. The van der Waals surface area contributed by atoms with E-state index in [1.54, 1.807) is 13.0 Å². The third-order valence-corrected chi connectivity index (χ3v) is 7.30. The van der Waals surface area contributed by atoms with Gasteiger partial charge in [0.25, 0.3) is 5.22 Å². The van der Waals surface area contributed by atoms with Crippen LogP contribution in [0.4, 0.5) is 5.69 Å². The van der Waals surface area contributed by atoms with Crippen molar-refractivity contribution in [3.05, 3.63) is 53.1 Å². The summed E-state index contributed by atoms with van der Waals surface area (Å²) in [6.45, 7) is 5.61. The van der Waals surface area contributed by atoms with E-state index >= 15 is 0 Å². The third kappa shape index (κ3) is 5.33. The molecule has 0 aliphatic heterocycles. The molecule has 0 fully saturated rings. The summed E-state index contributed by atoms with van der Waals surface area (Å²) in [6, 6.07) is 10.8. The molecule has 10 heteroatoms. The molecule has 8 nitrogen and oxygen atoms in total. The largest absolute Gasteiger partial charge is 0.411 e. The van der Waals surface area contributed by atoms with Crippen LogP contribution in [0.15, 0.2) is 50.9 Å². The second-order valence-electron chi connectivity index (χ2n) is 7.28. The number of hydrogen-bond acceptors (Lipinski definition) is 7. The predicted molar refractivity (Wildman–Crippen MR) is 121 cm³/mol. The van der Waals surface area contributed by atoms with Crippen molar-refractivity contribution in [3.63, 3.8) is 0 Å². The number of carbonyl (C=O) groups is 1. The average Bonchev–Trinajstić information content (AvgIpc) is 3.18. The molecule has 3 aromatic rings. The zero-order valence-corrected chi connectivity index (χ0v) is 19.6. The van der Waals surface area contributed by atoms with E-state index < -0.39 is 10.0 Å². The topological polar surface area (TPSA) is 105 Å². The van der Waals surface area contributed by atoms with Crippen molar-refractivity contribution in [1.29, 1.82) is 0 Å². The fourth-order valence-electron chi connectivity index (χ4n) is 2.79. The zero-order valence-electron chi connectivity index (χ0n) is 18.0. The first-order chi connectivity index (χ1) is 14.6. The summed E-state index contributed by atoms with van der Waals surface area (Å²) in [6.07, 6.45) is 0. The summed E-state index contributed by atoms with van der Waals surface area (Å²) in [4.78, 5) is 12.6. The molecule has 164 valence electrons. The smallest absolute Gasteiger partial charge is 0.277 e. The second kappa shape index (κ2) is 9.21. The van der Waals surface area contributed by atoms with Gasteiger partial charge in [-0.05, 0) is 56.2 Å². The number of carbonyl (C=O) groups excluding carboxylic acids is 1. The normalized spacial score (nSPS) is 11.7. The fraction of sp³-hybridized carbons (Fsp3) is 0.286. The Morgan fingerprint density at radius 1 is 1.13 bits per heavy atom. The van der Waals surface area contributed by atoms with Gasteiger partial charge in [-0.2, -0.15) is 0 Å². The Balaban J connectivity index is 1.70. The number of nitrogens with zero attached hydrogens (tertiary/aromatic N) is 3. The minimum absolute atomic E-state index is 0.0403. The highest BCUT2D eigenvalue weighted by Crippen LogP contribution is 2.27. The Morgan fingerprint density at radius 2 is 1.87 bits per heavy atom. The maximum absolute atomic E-state index is 12.5.